The average molecular weight is 299 g/mol. The predicted octanol–water partition coefficient (Wildman–Crippen LogP) is 1.46. The zero-order valence-corrected chi connectivity index (χ0v) is 13.1. The Kier molecular flexibility index (Phi) is 8.61. The topological polar surface area (TPSA) is 75.5 Å². The molecule has 1 aromatic heterocycles. The van der Waals surface area contributed by atoms with Crippen LogP contribution in [0.4, 0.5) is 0 Å². The number of hydrogen-bond acceptors (Lipinski definition) is 6. The van der Waals surface area contributed by atoms with Gasteiger partial charge in [-0.25, -0.2) is 9.48 Å². The zero-order valence-electron chi connectivity index (χ0n) is 13.1. The Morgan fingerprint density at radius 2 is 2.05 bits per heavy atom. The van der Waals surface area contributed by atoms with Crippen LogP contribution in [0.15, 0.2) is 0 Å². The van der Waals surface area contributed by atoms with Crippen LogP contribution in [0, 0.1) is 0 Å². The summed E-state index contributed by atoms with van der Waals surface area (Å²) in [7, 11) is 1.65. The van der Waals surface area contributed by atoms with E-state index in [4.69, 9.17) is 14.2 Å². The molecule has 1 rings (SSSR count). The highest BCUT2D eigenvalue weighted by Crippen LogP contribution is 2.11. The molecule has 7 heteroatoms. The summed E-state index contributed by atoms with van der Waals surface area (Å²) < 4.78 is 17.1. The van der Waals surface area contributed by atoms with Gasteiger partial charge < -0.3 is 14.2 Å². The lowest BCUT2D eigenvalue weighted by Crippen LogP contribution is -2.12. The first-order valence-electron chi connectivity index (χ1n) is 7.40. The number of aromatic nitrogens is 3. The first-order chi connectivity index (χ1) is 10.2. The molecule has 0 radical (unpaired) electrons. The second-order valence-corrected chi connectivity index (χ2v) is 4.54. The van der Waals surface area contributed by atoms with Crippen LogP contribution in [-0.2, 0) is 27.2 Å². The minimum Gasteiger partial charge on any atom is -0.461 e. The normalized spacial score (nSPS) is 10.8. The van der Waals surface area contributed by atoms with E-state index >= 15 is 0 Å². The summed E-state index contributed by atoms with van der Waals surface area (Å²) in [5.74, 6) is -0.399. The van der Waals surface area contributed by atoms with Crippen molar-refractivity contribution in [3.63, 3.8) is 0 Å². The van der Waals surface area contributed by atoms with Crippen LogP contribution in [-0.4, -0.2) is 54.5 Å². The Morgan fingerprint density at radius 1 is 1.24 bits per heavy atom. The Morgan fingerprint density at radius 3 is 2.71 bits per heavy atom. The van der Waals surface area contributed by atoms with E-state index in [0.29, 0.717) is 38.7 Å². The average Bonchev–Trinajstić information content (AvgIpc) is 2.86. The van der Waals surface area contributed by atoms with Gasteiger partial charge in [-0.2, -0.15) is 0 Å². The number of nitrogens with zero attached hydrogens (tertiary/aromatic N) is 3. The van der Waals surface area contributed by atoms with Crippen molar-refractivity contribution in [3.8, 4) is 0 Å². The van der Waals surface area contributed by atoms with Crippen LogP contribution in [0.2, 0.25) is 0 Å². The van der Waals surface area contributed by atoms with Crippen molar-refractivity contribution in [2.75, 3.05) is 33.5 Å². The van der Waals surface area contributed by atoms with Crippen molar-refractivity contribution in [2.45, 2.75) is 39.7 Å². The van der Waals surface area contributed by atoms with E-state index in [-0.39, 0.29) is 0 Å². The van der Waals surface area contributed by atoms with Crippen LogP contribution in [0.1, 0.15) is 42.9 Å². The molecule has 1 aromatic rings. The molecule has 0 bridgehead atoms. The molecule has 0 spiro atoms. The highest BCUT2D eigenvalue weighted by atomic mass is 16.5. The van der Waals surface area contributed by atoms with E-state index in [0.717, 1.165) is 25.0 Å². The minimum atomic E-state index is -0.399. The summed E-state index contributed by atoms with van der Waals surface area (Å²) >= 11 is 0. The maximum Gasteiger partial charge on any atom is 0.360 e. The molecule has 0 fully saturated rings. The SMILES string of the molecule is CCCc1c(C(=O)OCC)nnn1CCCOCCOC. The molecule has 0 amide bonds. The van der Waals surface area contributed by atoms with Gasteiger partial charge in [-0.05, 0) is 19.8 Å². The van der Waals surface area contributed by atoms with E-state index in [1.807, 2.05) is 0 Å². The van der Waals surface area contributed by atoms with E-state index in [1.165, 1.54) is 0 Å². The fourth-order valence-electron chi connectivity index (χ4n) is 1.92. The predicted molar refractivity (Wildman–Crippen MR) is 77.3 cm³/mol. The number of carbonyl (C=O) groups is 1. The molecule has 0 N–H and O–H groups in total. The minimum absolute atomic E-state index is 0.332. The summed E-state index contributed by atoms with van der Waals surface area (Å²) in [6.45, 7) is 6.66. The summed E-state index contributed by atoms with van der Waals surface area (Å²) in [5.41, 5.74) is 1.17. The molecule has 0 saturated heterocycles. The van der Waals surface area contributed by atoms with Gasteiger partial charge in [-0.15, -0.1) is 5.10 Å². The van der Waals surface area contributed by atoms with E-state index in [2.05, 4.69) is 17.2 Å². The van der Waals surface area contributed by atoms with Gasteiger partial charge in [0.25, 0.3) is 0 Å². The molecule has 0 unspecified atom stereocenters. The third kappa shape index (κ3) is 5.81. The molecule has 7 nitrogen and oxygen atoms in total. The van der Waals surface area contributed by atoms with Gasteiger partial charge >= 0.3 is 5.97 Å². The number of hydrogen-bond donors (Lipinski definition) is 0. The third-order valence-corrected chi connectivity index (χ3v) is 2.88. The second kappa shape index (κ2) is 10.3. The quantitative estimate of drug-likeness (QED) is 0.455. The molecular formula is C14H25N3O4. The smallest absolute Gasteiger partial charge is 0.360 e. The van der Waals surface area contributed by atoms with Crippen LogP contribution < -0.4 is 0 Å². The Labute approximate surface area is 125 Å². The second-order valence-electron chi connectivity index (χ2n) is 4.54. The Hall–Kier alpha value is -1.47. The molecule has 1 heterocycles. The highest BCUT2D eigenvalue weighted by molar-refractivity contribution is 5.88. The number of methoxy groups -OCH3 is 1. The van der Waals surface area contributed by atoms with Gasteiger partial charge in [0.15, 0.2) is 5.69 Å². The number of esters is 1. The number of carbonyl (C=O) groups excluding carboxylic acids is 1. The summed E-state index contributed by atoms with van der Waals surface area (Å²) in [4.78, 5) is 11.8. The van der Waals surface area contributed by atoms with Gasteiger partial charge in [0.2, 0.25) is 0 Å². The van der Waals surface area contributed by atoms with Crippen molar-refractivity contribution >= 4 is 5.97 Å². The first kappa shape index (κ1) is 17.6. The summed E-state index contributed by atoms with van der Waals surface area (Å²) in [6.07, 6.45) is 2.49. The monoisotopic (exact) mass is 299 g/mol. The Balaban J connectivity index is 2.54. The van der Waals surface area contributed by atoms with E-state index in [1.54, 1.807) is 18.7 Å². The number of aryl methyl sites for hydroxylation is 1. The lowest BCUT2D eigenvalue weighted by Gasteiger charge is -2.07. The van der Waals surface area contributed by atoms with Crippen LogP contribution in [0.5, 0.6) is 0 Å². The molecule has 21 heavy (non-hydrogen) atoms. The number of rotatable bonds is 11. The lowest BCUT2D eigenvalue weighted by molar-refractivity contribution is 0.0518. The van der Waals surface area contributed by atoms with Crippen molar-refractivity contribution in [3.05, 3.63) is 11.4 Å². The van der Waals surface area contributed by atoms with Crippen molar-refractivity contribution in [2.24, 2.45) is 0 Å². The molecule has 0 aliphatic heterocycles. The zero-order chi connectivity index (χ0) is 15.5. The van der Waals surface area contributed by atoms with Crippen molar-refractivity contribution < 1.29 is 19.0 Å². The molecule has 0 aromatic carbocycles. The van der Waals surface area contributed by atoms with Gasteiger partial charge in [-0.1, -0.05) is 18.6 Å². The van der Waals surface area contributed by atoms with E-state index < -0.39 is 5.97 Å². The van der Waals surface area contributed by atoms with Crippen molar-refractivity contribution in [1.82, 2.24) is 15.0 Å². The maximum absolute atomic E-state index is 11.8. The maximum atomic E-state index is 11.8. The van der Waals surface area contributed by atoms with Gasteiger partial charge in [0.05, 0.1) is 25.5 Å². The van der Waals surface area contributed by atoms with Crippen LogP contribution in [0.3, 0.4) is 0 Å². The molecule has 0 saturated carbocycles. The number of ether oxygens (including phenoxy) is 3. The van der Waals surface area contributed by atoms with Crippen molar-refractivity contribution in [1.29, 1.82) is 0 Å². The third-order valence-electron chi connectivity index (χ3n) is 2.88. The van der Waals surface area contributed by atoms with E-state index in [9.17, 15) is 4.79 Å². The molecule has 0 aliphatic carbocycles. The summed E-state index contributed by atoms with van der Waals surface area (Å²) in [6, 6.07) is 0. The first-order valence-corrected chi connectivity index (χ1v) is 7.40. The Bertz CT molecular complexity index is 420. The standard InChI is InChI=1S/C14H25N3O4/c1-4-7-12-13(14(18)21-5-2)15-16-17(12)8-6-9-20-11-10-19-3/h4-11H2,1-3H3. The van der Waals surface area contributed by atoms with Crippen LogP contribution >= 0.6 is 0 Å². The van der Waals surface area contributed by atoms with Gasteiger partial charge in [0, 0.05) is 20.3 Å². The largest absolute Gasteiger partial charge is 0.461 e. The summed E-state index contributed by atoms with van der Waals surface area (Å²) in [5, 5.41) is 8.02. The fraction of sp³-hybridized carbons (Fsp3) is 0.786. The lowest BCUT2D eigenvalue weighted by atomic mass is 10.2. The van der Waals surface area contributed by atoms with Gasteiger partial charge in [0.1, 0.15) is 0 Å². The molecular weight excluding hydrogens is 274 g/mol. The van der Waals surface area contributed by atoms with Gasteiger partial charge in [-0.3, -0.25) is 0 Å². The van der Waals surface area contributed by atoms with Crippen LogP contribution in [0.25, 0.3) is 0 Å². The molecule has 0 atom stereocenters. The highest BCUT2D eigenvalue weighted by Gasteiger charge is 2.19. The fourth-order valence-corrected chi connectivity index (χ4v) is 1.92. The molecule has 0 aliphatic rings. The molecule has 120 valence electrons.